The predicted octanol–water partition coefficient (Wildman–Crippen LogP) is 3.74. The Morgan fingerprint density at radius 1 is 1.10 bits per heavy atom. The molecule has 1 unspecified atom stereocenters. The maximum absolute atomic E-state index is 13.5. The second kappa shape index (κ2) is 6.78. The van der Waals surface area contributed by atoms with Crippen molar-refractivity contribution in [3.05, 3.63) is 58.4 Å². The van der Waals surface area contributed by atoms with Crippen LogP contribution in [0.25, 0.3) is 0 Å². The first-order valence-corrected chi connectivity index (χ1v) is 6.84. The summed E-state index contributed by atoms with van der Waals surface area (Å²) in [5, 5.41) is 0.0945. The lowest BCUT2D eigenvalue weighted by Crippen LogP contribution is -2.13. The Bertz CT molecular complexity index is 634. The van der Waals surface area contributed by atoms with Crippen molar-refractivity contribution in [3.63, 3.8) is 0 Å². The molecule has 0 amide bonds. The quantitative estimate of drug-likeness (QED) is 0.915. The molecule has 2 rings (SSSR count). The van der Waals surface area contributed by atoms with Crippen molar-refractivity contribution in [2.45, 2.75) is 12.5 Å². The fourth-order valence-electron chi connectivity index (χ4n) is 2.12. The van der Waals surface area contributed by atoms with Gasteiger partial charge in [-0.2, -0.15) is 0 Å². The van der Waals surface area contributed by atoms with Gasteiger partial charge in [0.05, 0.1) is 19.2 Å². The number of hydrogen-bond donors (Lipinski definition) is 1. The van der Waals surface area contributed by atoms with E-state index in [1.807, 2.05) is 18.2 Å². The van der Waals surface area contributed by atoms with E-state index >= 15 is 0 Å². The van der Waals surface area contributed by atoms with Gasteiger partial charge in [0, 0.05) is 6.04 Å². The third kappa shape index (κ3) is 3.65. The van der Waals surface area contributed by atoms with Crippen molar-refractivity contribution in [2.75, 3.05) is 14.2 Å². The van der Waals surface area contributed by atoms with Gasteiger partial charge in [0.25, 0.3) is 0 Å². The summed E-state index contributed by atoms with van der Waals surface area (Å²) >= 11 is 5.67. The molecule has 2 N–H and O–H groups in total. The minimum absolute atomic E-state index is 0.0945. The number of rotatable bonds is 5. The highest BCUT2D eigenvalue weighted by Crippen LogP contribution is 2.29. The molecular formula is C16H17ClFNO2. The molecule has 21 heavy (non-hydrogen) atoms. The zero-order chi connectivity index (χ0) is 15.4. The summed E-state index contributed by atoms with van der Waals surface area (Å²) in [4.78, 5) is 0. The number of halogens is 2. The standard InChI is InChI=1S/C16H17ClFNO2/c1-20-15-6-3-10(8-16(15)21-2)7-14(19)11-4-5-12(17)13(18)9-11/h3-6,8-9,14H,7,19H2,1-2H3. The van der Waals surface area contributed by atoms with E-state index < -0.39 is 5.82 Å². The number of nitrogens with two attached hydrogens (primary N) is 1. The summed E-state index contributed by atoms with van der Waals surface area (Å²) in [6.07, 6.45) is 0.557. The van der Waals surface area contributed by atoms with Gasteiger partial charge in [-0.3, -0.25) is 0 Å². The number of benzene rings is 2. The van der Waals surface area contributed by atoms with Gasteiger partial charge >= 0.3 is 0 Å². The maximum atomic E-state index is 13.5. The predicted molar refractivity (Wildman–Crippen MR) is 81.6 cm³/mol. The third-order valence-corrected chi connectivity index (χ3v) is 3.58. The molecule has 3 nitrogen and oxygen atoms in total. The second-order valence-corrected chi connectivity index (χ2v) is 5.08. The van der Waals surface area contributed by atoms with Crippen molar-refractivity contribution in [2.24, 2.45) is 5.73 Å². The van der Waals surface area contributed by atoms with E-state index in [0.717, 1.165) is 5.56 Å². The van der Waals surface area contributed by atoms with E-state index in [4.69, 9.17) is 26.8 Å². The molecule has 0 spiro atoms. The van der Waals surface area contributed by atoms with Crippen LogP contribution in [-0.2, 0) is 6.42 Å². The fraction of sp³-hybridized carbons (Fsp3) is 0.250. The van der Waals surface area contributed by atoms with Crippen molar-refractivity contribution < 1.29 is 13.9 Å². The Balaban J connectivity index is 2.18. The van der Waals surface area contributed by atoms with Crippen LogP contribution >= 0.6 is 11.6 Å². The van der Waals surface area contributed by atoms with Gasteiger partial charge in [-0.15, -0.1) is 0 Å². The summed E-state index contributed by atoms with van der Waals surface area (Å²) in [6.45, 7) is 0. The van der Waals surface area contributed by atoms with Crippen molar-refractivity contribution >= 4 is 11.6 Å². The minimum atomic E-state index is -0.461. The summed E-state index contributed by atoms with van der Waals surface area (Å²) in [5.41, 5.74) is 7.81. The number of hydrogen-bond acceptors (Lipinski definition) is 3. The van der Waals surface area contributed by atoms with Crippen LogP contribution in [0.3, 0.4) is 0 Å². The van der Waals surface area contributed by atoms with Gasteiger partial charge in [-0.25, -0.2) is 4.39 Å². The SMILES string of the molecule is COc1ccc(CC(N)c2ccc(Cl)c(F)c2)cc1OC. The van der Waals surface area contributed by atoms with Crippen molar-refractivity contribution in [3.8, 4) is 11.5 Å². The molecule has 0 bridgehead atoms. The van der Waals surface area contributed by atoms with Gasteiger partial charge in [0.2, 0.25) is 0 Å². The zero-order valence-corrected chi connectivity index (χ0v) is 12.7. The van der Waals surface area contributed by atoms with Crippen LogP contribution < -0.4 is 15.2 Å². The van der Waals surface area contributed by atoms with E-state index in [1.54, 1.807) is 20.3 Å². The van der Waals surface area contributed by atoms with Crippen LogP contribution in [0, 0.1) is 5.82 Å². The highest BCUT2D eigenvalue weighted by atomic mass is 35.5. The molecule has 0 aliphatic rings. The van der Waals surface area contributed by atoms with Crippen LogP contribution in [0.4, 0.5) is 4.39 Å². The normalized spacial score (nSPS) is 12.0. The molecule has 2 aromatic rings. The van der Waals surface area contributed by atoms with Gasteiger partial charge in [0.15, 0.2) is 11.5 Å². The minimum Gasteiger partial charge on any atom is -0.493 e. The molecule has 0 saturated heterocycles. The smallest absolute Gasteiger partial charge is 0.160 e. The molecule has 5 heteroatoms. The van der Waals surface area contributed by atoms with Crippen molar-refractivity contribution in [1.82, 2.24) is 0 Å². The van der Waals surface area contributed by atoms with Crippen molar-refractivity contribution in [1.29, 1.82) is 0 Å². The molecule has 0 aliphatic carbocycles. The van der Waals surface area contributed by atoms with Crippen LogP contribution in [-0.4, -0.2) is 14.2 Å². The molecule has 0 radical (unpaired) electrons. The Labute approximate surface area is 128 Å². The average molecular weight is 310 g/mol. The molecule has 112 valence electrons. The summed E-state index contributed by atoms with van der Waals surface area (Å²) in [5.74, 6) is 0.841. The van der Waals surface area contributed by atoms with Crippen LogP contribution in [0.1, 0.15) is 17.2 Å². The molecule has 1 atom stereocenters. The summed E-state index contributed by atoms with van der Waals surface area (Å²) in [6, 6.07) is 9.89. The molecule has 0 fully saturated rings. The number of ether oxygens (including phenoxy) is 2. The first-order chi connectivity index (χ1) is 10.0. The Morgan fingerprint density at radius 2 is 1.81 bits per heavy atom. The molecular weight excluding hydrogens is 293 g/mol. The highest BCUT2D eigenvalue weighted by molar-refractivity contribution is 6.30. The first kappa shape index (κ1) is 15.6. The lowest BCUT2D eigenvalue weighted by molar-refractivity contribution is 0.354. The Kier molecular flexibility index (Phi) is 5.04. The van der Waals surface area contributed by atoms with E-state index in [1.165, 1.54) is 12.1 Å². The van der Waals surface area contributed by atoms with E-state index in [9.17, 15) is 4.39 Å². The topological polar surface area (TPSA) is 44.5 Å². The molecule has 0 saturated carbocycles. The summed E-state index contributed by atoms with van der Waals surface area (Å²) in [7, 11) is 3.16. The molecule has 0 aromatic heterocycles. The van der Waals surface area contributed by atoms with E-state index in [0.29, 0.717) is 23.5 Å². The molecule has 0 aliphatic heterocycles. The van der Waals surface area contributed by atoms with Crippen LogP contribution in [0.2, 0.25) is 5.02 Å². The van der Waals surface area contributed by atoms with E-state index in [-0.39, 0.29) is 11.1 Å². The average Bonchev–Trinajstić information content (AvgIpc) is 2.49. The lowest BCUT2D eigenvalue weighted by Gasteiger charge is -2.14. The monoisotopic (exact) mass is 309 g/mol. The first-order valence-electron chi connectivity index (χ1n) is 6.46. The van der Waals surface area contributed by atoms with Gasteiger partial charge in [-0.05, 0) is 41.8 Å². The van der Waals surface area contributed by atoms with Crippen LogP contribution in [0.5, 0.6) is 11.5 Å². The van der Waals surface area contributed by atoms with Gasteiger partial charge in [-0.1, -0.05) is 23.7 Å². The second-order valence-electron chi connectivity index (χ2n) is 4.67. The van der Waals surface area contributed by atoms with Gasteiger partial charge < -0.3 is 15.2 Å². The fourth-order valence-corrected chi connectivity index (χ4v) is 2.24. The highest BCUT2D eigenvalue weighted by Gasteiger charge is 2.12. The maximum Gasteiger partial charge on any atom is 0.160 e. The van der Waals surface area contributed by atoms with Crippen LogP contribution in [0.15, 0.2) is 36.4 Å². The third-order valence-electron chi connectivity index (χ3n) is 3.28. The number of methoxy groups -OCH3 is 2. The molecule has 2 aromatic carbocycles. The Morgan fingerprint density at radius 3 is 2.43 bits per heavy atom. The van der Waals surface area contributed by atoms with Gasteiger partial charge in [0.1, 0.15) is 5.82 Å². The largest absolute Gasteiger partial charge is 0.493 e. The summed E-state index contributed by atoms with van der Waals surface area (Å²) < 4.78 is 23.9. The zero-order valence-electron chi connectivity index (χ0n) is 11.9. The molecule has 0 heterocycles. The van der Waals surface area contributed by atoms with E-state index in [2.05, 4.69) is 0 Å². The Hall–Kier alpha value is -1.78. The lowest BCUT2D eigenvalue weighted by atomic mass is 9.99.